The molecule has 100 valence electrons. The average Bonchev–Trinajstić information content (AvgIpc) is 2.24. The van der Waals surface area contributed by atoms with Crippen LogP contribution in [0.5, 0.6) is 0 Å². The van der Waals surface area contributed by atoms with Crippen molar-refractivity contribution in [1.82, 2.24) is 4.98 Å². The highest BCUT2D eigenvalue weighted by Gasteiger charge is 2.13. The minimum Gasteiger partial charge on any atom is -0.388 e. The maximum absolute atomic E-state index is 7.34. The van der Waals surface area contributed by atoms with Crippen molar-refractivity contribution in [2.45, 2.75) is 27.2 Å². The van der Waals surface area contributed by atoms with Crippen molar-refractivity contribution in [3.63, 3.8) is 0 Å². The summed E-state index contributed by atoms with van der Waals surface area (Å²) >= 11 is 3.56. The van der Waals surface area contributed by atoms with Crippen molar-refractivity contribution in [1.29, 1.82) is 5.41 Å². The zero-order valence-corrected chi connectivity index (χ0v) is 12.8. The van der Waals surface area contributed by atoms with Gasteiger partial charge in [0.25, 0.3) is 0 Å². The van der Waals surface area contributed by atoms with E-state index in [1.165, 1.54) is 0 Å². The van der Waals surface area contributed by atoms with Crippen LogP contribution in [0.15, 0.2) is 16.7 Å². The van der Waals surface area contributed by atoms with Gasteiger partial charge in [0.1, 0.15) is 5.82 Å². The summed E-state index contributed by atoms with van der Waals surface area (Å²) in [5.74, 6) is 1.68. The Morgan fingerprint density at radius 2 is 2.22 bits per heavy atom. The Morgan fingerprint density at radius 3 is 2.72 bits per heavy atom. The highest BCUT2D eigenvalue weighted by atomic mass is 79.9. The number of aryl methyl sites for hydroxylation is 1. The van der Waals surface area contributed by atoms with Crippen LogP contribution in [0.3, 0.4) is 0 Å². The van der Waals surface area contributed by atoms with E-state index in [2.05, 4.69) is 45.7 Å². The van der Waals surface area contributed by atoms with Crippen LogP contribution in [0.1, 0.15) is 25.8 Å². The van der Waals surface area contributed by atoms with Gasteiger partial charge in [-0.15, -0.1) is 0 Å². The topological polar surface area (TPSA) is 66.0 Å². The van der Waals surface area contributed by atoms with Crippen LogP contribution in [-0.2, 0) is 0 Å². The van der Waals surface area contributed by atoms with Crippen LogP contribution < -0.4 is 10.6 Å². The molecule has 0 saturated carbocycles. The molecule has 0 fully saturated rings. The molecule has 1 rings (SSSR count). The van der Waals surface area contributed by atoms with Crippen LogP contribution in [0.2, 0.25) is 0 Å². The van der Waals surface area contributed by atoms with Crippen molar-refractivity contribution in [2.24, 2.45) is 11.7 Å². The number of nitrogens with zero attached hydrogens (tertiary/aromatic N) is 2. The van der Waals surface area contributed by atoms with Gasteiger partial charge in [0.05, 0.1) is 10.3 Å². The van der Waals surface area contributed by atoms with Crippen LogP contribution in [0.25, 0.3) is 0 Å². The number of aromatic nitrogens is 1. The summed E-state index contributed by atoms with van der Waals surface area (Å²) in [6.45, 7) is 7.99. The fourth-order valence-corrected chi connectivity index (χ4v) is 2.45. The summed E-state index contributed by atoms with van der Waals surface area (Å²) in [6.07, 6.45) is 2.43. The lowest BCUT2D eigenvalue weighted by Crippen LogP contribution is -2.32. The van der Waals surface area contributed by atoms with Gasteiger partial charge < -0.3 is 10.6 Å². The van der Waals surface area contributed by atoms with Crippen molar-refractivity contribution in [3.05, 3.63) is 22.3 Å². The number of hydrogen-bond donors (Lipinski definition) is 2. The molecule has 0 aliphatic carbocycles. The number of nitrogens with one attached hydrogen (secondary N) is 1. The molecular formula is C13H21BrN4. The molecule has 1 aromatic rings. The van der Waals surface area contributed by atoms with Crippen molar-refractivity contribution < 1.29 is 0 Å². The van der Waals surface area contributed by atoms with E-state index in [1.54, 1.807) is 0 Å². The summed E-state index contributed by atoms with van der Waals surface area (Å²) in [6, 6.07) is 2.06. The molecule has 0 radical (unpaired) electrons. The fraction of sp³-hybridized carbons (Fsp3) is 0.538. The van der Waals surface area contributed by atoms with E-state index < -0.39 is 0 Å². The standard InChI is InChI=1S/C13H21BrN4/c1-9(2)8-18(5-4-12(15)16)13-11(14)6-10(3)7-17-13/h6-7,9H,4-5,8H2,1-3H3,(H3,15,16). The van der Waals surface area contributed by atoms with Crippen LogP contribution >= 0.6 is 15.9 Å². The van der Waals surface area contributed by atoms with Gasteiger partial charge >= 0.3 is 0 Å². The summed E-state index contributed by atoms with van der Waals surface area (Å²) in [5, 5.41) is 7.34. The van der Waals surface area contributed by atoms with E-state index in [1.807, 2.05) is 13.1 Å². The minimum absolute atomic E-state index is 0.215. The molecule has 0 atom stereocenters. The zero-order valence-electron chi connectivity index (χ0n) is 11.2. The number of nitrogens with two attached hydrogens (primary N) is 1. The van der Waals surface area contributed by atoms with Gasteiger partial charge in [0.15, 0.2) is 0 Å². The lowest BCUT2D eigenvalue weighted by Gasteiger charge is -2.26. The molecule has 0 amide bonds. The summed E-state index contributed by atoms with van der Waals surface area (Å²) in [7, 11) is 0. The third kappa shape index (κ3) is 4.64. The highest BCUT2D eigenvalue weighted by molar-refractivity contribution is 9.10. The molecule has 0 aliphatic rings. The van der Waals surface area contributed by atoms with E-state index in [-0.39, 0.29) is 5.84 Å². The van der Waals surface area contributed by atoms with Crippen molar-refractivity contribution in [3.8, 4) is 0 Å². The Bertz CT molecular complexity index is 417. The molecule has 4 nitrogen and oxygen atoms in total. The normalized spacial score (nSPS) is 10.7. The first-order chi connectivity index (χ1) is 8.40. The second-order valence-corrected chi connectivity index (χ2v) is 5.79. The second kappa shape index (κ2) is 6.73. The van der Waals surface area contributed by atoms with Gasteiger partial charge in [-0.1, -0.05) is 13.8 Å². The molecule has 0 aliphatic heterocycles. The molecule has 1 heterocycles. The molecule has 0 bridgehead atoms. The Labute approximate surface area is 117 Å². The van der Waals surface area contributed by atoms with Gasteiger partial charge in [-0.25, -0.2) is 4.98 Å². The lowest BCUT2D eigenvalue weighted by atomic mass is 10.2. The maximum Gasteiger partial charge on any atom is 0.142 e. The van der Waals surface area contributed by atoms with E-state index in [9.17, 15) is 0 Å². The Balaban J connectivity index is 2.89. The molecule has 0 saturated heterocycles. The Kier molecular flexibility index (Phi) is 5.59. The molecular weight excluding hydrogens is 292 g/mol. The lowest BCUT2D eigenvalue weighted by molar-refractivity contribution is 0.608. The highest BCUT2D eigenvalue weighted by Crippen LogP contribution is 2.25. The molecule has 18 heavy (non-hydrogen) atoms. The minimum atomic E-state index is 0.215. The fourth-order valence-electron chi connectivity index (χ4n) is 1.74. The third-order valence-corrected chi connectivity index (χ3v) is 3.08. The predicted molar refractivity (Wildman–Crippen MR) is 80.3 cm³/mol. The molecule has 5 heteroatoms. The van der Waals surface area contributed by atoms with Crippen molar-refractivity contribution in [2.75, 3.05) is 18.0 Å². The van der Waals surface area contributed by atoms with Crippen molar-refractivity contribution >= 4 is 27.6 Å². The first-order valence-corrected chi connectivity index (χ1v) is 6.89. The second-order valence-electron chi connectivity index (χ2n) is 4.93. The Morgan fingerprint density at radius 1 is 1.56 bits per heavy atom. The molecule has 0 aromatic carbocycles. The monoisotopic (exact) mass is 312 g/mol. The maximum atomic E-state index is 7.34. The number of anilines is 1. The van der Waals surface area contributed by atoms with E-state index in [0.29, 0.717) is 12.3 Å². The number of amidine groups is 1. The summed E-state index contributed by atoms with van der Waals surface area (Å²) < 4.78 is 0.992. The predicted octanol–water partition coefficient (Wildman–Crippen LogP) is 2.94. The average molecular weight is 313 g/mol. The number of halogens is 1. The van der Waals surface area contributed by atoms with Gasteiger partial charge in [-0.3, -0.25) is 5.41 Å². The largest absolute Gasteiger partial charge is 0.388 e. The van der Waals surface area contributed by atoms with Crippen LogP contribution in [0, 0.1) is 18.3 Å². The molecule has 3 N–H and O–H groups in total. The first-order valence-electron chi connectivity index (χ1n) is 6.10. The van der Waals surface area contributed by atoms with Crippen LogP contribution in [0.4, 0.5) is 5.82 Å². The zero-order chi connectivity index (χ0) is 13.7. The number of pyridine rings is 1. The summed E-state index contributed by atoms with van der Waals surface area (Å²) in [4.78, 5) is 6.65. The van der Waals surface area contributed by atoms with E-state index in [0.717, 1.165) is 28.9 Å². The smallest absolute Gasteiger partial charge is 0.142 e. The quantitative estimate of drug-likeness (QED) is 0.627. The first kappa shape index (κ1) is 15.0. The SMILES string of the molecule is Cc1cnc(N(CCC(=N)N)CC(C)C)c(Br)c1. The molecule has 1 aromatic heterocycles. The number of rotatable bonds is 6. The van der Waals surface area contributed by atoms with Gasteiger partial charge in [-0.05, 0) is 40.4 Å². The van der Waals surface area contributed by atoms with E-state index in [4.69, 9.17) is 11.1 Å². The number of hydrogen-bond acceptors (Lipinski definition) is 3. The van der Waals surface area contributed by atoms with E-state index >= 15 is 0 Å². The van der Waals surface area contributed by atoms with Gasteiger partial charge in [0, 0.05) is 25.7 Å². The van der Waals surface area contributed by atoms with Crippen LogP contribution in [-0.4, -0.2) is 23.9 Å². The molecule has 0 spiro atoms. The Hall–Kier alpha value is -1.10. The summed E-state index contributed by atoms with van der Waals surface area (Å²) in [5.41, 5.74) is 6.56. The van der Waals surface area contributed by atoms with Gasteiger partial charge in [-0.2, -0.15) is 0 Å². The molecule has 0 unspecified atom stereocenters. The third-order valence-electron chi connectivity index (χ3n) is 2.49. The van der Waals surface area contributed by atoms with Gasteiger partial charge in [0.2, 0.25) is 0 Å².